The van der Waals surface area contributed by atoms with Crippen molar-refractivity contribution in [3.63, 3.8) is 0 Å². The van der Waals surface area contributed by atoms with Gasteiger partial charge < -0.3 is 9.72 Å². The molecule has 5 nitrogen and oxygen atoms in total. The highest BCUT2D eigenvalue weighted by Crippen LogP contribution is 2.13. The number of aromatic amines is 1. The van der Waals surface area contributed by atoms with Gasteiger partial charge in [0.2, 0.25) is 0 Å². The van der Waals surface area contributed by atoms with E-state index in [1.807, 2.05) is 30.3 Å². The highest BCUT2D eigenvalue weighted by atomic mass is 16.5. The normalized spacial score (nSPS) is 10.4. The van der Waals surface area contributed by atoms with Gasteiger partial charge in [-0.15, -0.1) is 0 Å². The summed E-state index contributed by atoms with van der Waals surface area (Å²) < 4.78 is 5.04. The van der Waals surface area contributed by atoms with Crippen LogP contribution in [-0.4, -0.2) is 22.5 Å². The molecule has 0 aliphatic heterocycles. The molecule has 5 heteroatoms. The van der Waals surface area contributed by atoms with Crippen molar-refractivity contribution in [1.29, 1.82) is 0 Å². The van der Waals surface area contributed by atoms with Crippen molar-refractivity contribution in [3.8, 4) is 0 Å². The van der Waals surface area contributed by atoms with Gasteiger partial charge in [0.1, 0.15) is 5.56 Å². The van der Waals surface area contributed by atoms with E-state index in [4.69, 9.17) is 4.74 Å². The first-order valence-corrected chi connectivity index (χ1v) is 6.92. The van der Waals surface area contributed by atoms with E-state index in [1.54, 1.807) is 13.8 Å². The van der Waals surface area contributed by atoms with Crippen LogP contribution in [0.25, 0.3) is 0 Å². The zero-order valence-corrected chi connectivity index (χ0v) is 12.2. The second kappa shape index (κ2) is 6.83. The average Bonchev–Trinajstić information content (AvgIpc) is 2.45. The predicted molar refractivity (Wildman–Crippen MR) is 79.4 cm³/mol. The molecule has 2 rings (SSSR count). The third-order valence-electron chi connectivity index (χ3n) is 3.17. The molecule has 0 bridgehead atoms. The van der Waals surface area contributed by atoms with Gasteiger partial charge >= 0.3 is 11.7 Å². The van der Waals surface area contributed by atoms with Gasteiger partial charge in [0.25, 0.3) is 0 Å². The van der Waals surface area contributed by atoms with Crippen molar-refractivity contribution in [2.24, 2.45) is 0 Å². The van der Waals surface area contributed by atoms with Crippen LogP contribution in [0.1, 0.15) is 34.2 Å². The highest BCUT2D eigenvalue weighted by Gasteiger charge is 2.18. The Bertz CT molecular complexity index is 678. The minimum absolute atomic E-state index is 0.287. The molecule has 0 unspecified atom stereocenters. The second-order valence-corrected chi connectivity index (χ2v) is 4.69. The molecule has 1 aromatic heterocycles. The van der Waals surface area contributed by atoms with Gasteiger partial charge in [0.15, 0.2) is 0 Å². The fourth-order valence-corrected chi connectivity index (χ4v) is 2.21. The van der Waals surface area contributed by atoms with Crippen LogP contribution in [0.15, 0.2) is 35.1 Å². The maximum absolute atomic E-state index is 12.0. The summed E-state index contributed by atoms with van der Waals surface area (Å²) in [7, 11) is 0. The molecule has 0 fully saturated rings. The van der Waals surface area contributed by atoms with Gasteiger partial charge in [-0.05, 0) is 32.3 Å². The molecule has 0 atom stereocenters. The topological polar surface area (TPSA) is 72.0 Å². The Morgan fingerprint density at radius 1 is 1.24 bits per heavy atom. The van der Waals surface area contributed by atoms with Crippen molar-refractivity contribution in [2.75, 3.05) is 6.61 Å². The first kappa shape index (κ1) is 15.0. The van der Waals surface area contributed by atoms with Crippen LogP contribution in [0.4, 0.5) is 0 Å². The molecule has 110 valence electrons. The summed E-state index contributed by atoms with van der Waals surface area (Å²) in [6.07, 6.45) is 1.23. The summed E-state index contributed by atoms with van der Waals surface area (Å²) in [5.74, 6) is -0.443. The van der Waals surface area contributed by atoms with E-state index >= 15 is 0 Å². The van der Waals surface area contributed by atoms with Gasteiger partial charge in [-0.1, -0.05) is 30.3 Å². The molecule has 1 aromatic carbocycles. The largest absolute Gasteiger partial charge is 0.462 e. The Morgan fingerprint density at radius 3 is 2.62 bits per heavy atom. The number of aromatic nitrogens is 2. The minimum atomic E-state index is -0.443. The lowest BCUT2D eigenvalue weighted by atomic mass is 10.0. The maximum atomic E-state index is 12.0. The molecule has 0 amide bonds. The Morgan fingerprint density at radius 2 is 1.95 bits per heavy atom. The van der Waals surface area contributed by atoms with Gasteiger partial charge in [-0.2, -0.15) is 4.98 Å². The first-order chi connectivity index (χ1) is 10.1. The van der Waals surface area contributed by atoms with Crippen molar-refractivity contribution < 1.29 is 9.53 Å². The Labute approximate surface area is 123 Å². The third-order valence-corrected chi connectivity index (χ3v) is 3.17. The fourth-order valence-electron chi connectivity index (χ4n) is 2.21. The third kappa shape index (κ3) is 3.78. The Hall–Kier alpha value is -2.43. The molecule has 1 N–H and O–H groups in total. The van der Waals surface area contributed by atoms with Crippen LogP contribution >= 0.6 is 0 Å². The Kier molecular flexibility index (Phi) is 4.87. The van der Waals surface area contributed by atoms with Crippen molar-refractivity contribution in [1.82, 2.24) is 9.97 Å². The number of ether oxygens (including phenoxy) is 1. The number of H-pyrrole nitrogens is 1. The number of rotatable bonds is 5. The number of nitrogens with one attached hydrogen (secondary N) is 1. The van der Waals surface area contributed by atoms with Gasteiger partial charge in [0.05, 0.1) is 12.3 Å². The maximum Gasteiger partial charge on any atom is 0.345 e. The molecule has 0 spiro atoms. The van der Waals surface area contributed by atoms with Crippen molar-refractivity contribution >= 4 is 5.97 Å². The summed E-state index contributed by atoms with van der Waals surface area (Å²) in [5, 5.41) is 0. The van der Waals surface area contributed by atoms with Crippen LogP contribution < -0.4 is 5.69 Å². The lowest BCUT2D eigenvalue weighted by molar-refractivity contribution is 0.0523. The molecule has 1 heterocycles. The van der Waals surface area contributed by atoms with Crippen LogP contribution in [-0.2, 0) is 17.6 Å². The number of carbonyl (C=O) groups is 1. The summed E-state index contributed by atoms with van der Waals surface area (Å²) in [6.45, 7) is 3.72. The molecular weight excluding hydrogens is 268 g/mol. The highest BCUT2D eigenvalue weighted by molar-refractivity contribution is 5.91. The smallest absolute Gasteiger partial charge is 0.345 e. The van der Waals surface area contributed by atoms with E-state index in [0.717, 1.165) is 5.56 Å². The van der Waals surface area contributed by atoms with Crippen LogP contribution in [0.3, 0.4) is 0 Å². The number of carbonyl (C=O) groups excluding carboxylic acids is 1. The molecule has 0 saturated carbocycles. The molecule has 0 radical (unpaired) electrons. The minimum Gasteiger partial charge on any atom is -0.462 e. The molecular formula is C16H18N2O3. The number of nitrogens with zero attached hydrogens (tertiary/aromatic N) is 1. The summed E-state index contributed by atoms with van der Waals surface area (Å²) in [4.78, 5) is 30.1. The summed E-state index contributed by atoms with van der Waals surface area (Å²) >= 11 is 0. The van der Waals surface area contributed by atoms with Crippen molar-refractivity contribution in [3.05, 3.63) is 63.3 Å². The summed E-state index contributed by atoms with van der Waals surface area (Å²) in [6, 6.07) is 9.87. The fraction of sp³-hybridized carbons (Fsp3) is 0.312. The van der Waals surface area contributed by atoms with E-state index in [-0.39, 0.29) is 6.61 Å². The second-order valence-electron chi connectivity index (χ2n) is 4.69. The quantitative estimate of drug-likeness (QED) is 0.854. The lowest BCUT2D eigenvalue weighted by Gasteiger charge is -2.10. The SMILES string of the molecule is CCOC(=O)c1c(CCc2ccccc2)nc(=O)[nH]c1C. The molecule has 0 aliphatic rings. The van der Waals surface area contributed by atoms with Crippen LogP contribution in [0.5, 0.6) is 0 Å². The molecule has 0 saturated heterocycles. The molecule has 2 aromatic rings. The van der Waals surface area contributed by atoms with Gasteiger partial charge in [-0.25, -0.2) is 9.59 Å². The van der Waals surface area contributed by atoms with Gasteiger partial charge in [-0.3, -0.25) is 0 Å². The summed E-state index contributed by atoms with van der Waals surface area (Å²) in [5.41, 5.74) is 2.04. The number of hydrogen-bond donors (Lipinski definition) is 1. The monoisotopic (exact) mass is 286 g/mol. The van der Waals surface area contributed by atoms with Crippen LogP contribution in [0, 0.1) is 6.92 Å². The number of esters is 1. The van der Waals surface area contributed by atoms with E-state index < -0.39 is 11.7 Å². The number of hydrogen-bond acceptors (Lipinski definition) is 4. The lowest BCUT2D eigenvalue weighted by Crippen LogP contribution is -2.22. The zero-order valence-electron chi connectivity index (χ0n) is 12.2. The van der Waals surface area contributed by atoms with E-state index in [1.165, 1.54) is 0 Å². The van der Waals surface area contributed by atoms with Gasteiger partial charge in [0, 0.05) is 5.69 Å². The molecule has 0 aliphatic carbocycles. The Balaban J connectivity index is 2.29. The van der Waals surface area contributed by atoms with Crippen molar-refractivity contribution in [2.45, 2.75) is 26.7 Å². The number of benzene rings is 1. The predicted octanol–water partition coefficient (Wildman–Crippen LogP) is 2.04. The average molecular weight is 286 g/mol. The first-order valence-electron chi connectivity index (χ1n) is 6.92. The molecule has 21 heavy (non-hydrogen) atoms. The standard InChI is InChI=1S/C16H18N2O3/c1-3-21-15(19)14-11(2)17-16(20)18-13(14)10-9-12-7-5-4-6-8-12/h4-8H,3,9-10H2,1-2H3,(H,17,18,20). The zero-order chi connectivity index (χ0) is 15.2. The van der Waals surface area contributed by atoms with E-state index in [2.05, 4.69) is 9.97 Å². The van der Waals surface area contributed by atoms with E-state index in [9.17, 15) is 9.59 Å². The van der Waals surface area contributed by atoms with Crippen LogP contribution in [0.2, 0.25) is 0 Å². The van der Waals surface area contributed by atoms with E-state index in [0.29, 0.717) is 29.8 Å². The number of aryl methyl sites for hydroxylation is 3.